The molecule has 1 aliphatic rings. The van der Waals surface area contributed by atoms with Gasteiger partial charge in [-0.2, -0.15) is 18.3 Å². The van der Waals surface area contributed by atoms with E-state index in [1.807, 2.05) is 0 Å². The molecule has 1 amide bonds. The van der Waals surface area contributed by atoms with Crippen molar-refractivity contribution in [2.45, 2.75) is 31.6 Å². The molecule has 0 unspecified atom stereocenters. The van der Waals surface area contributed by atoms with Crippen LogP contribution in [0, 0.1) is 5.82 Å². The Morgan fingerprint density at radius 3 is 2.82 bits per heavy atom. The number of alkyl halides is 5. The lowest BCUT2D eigenvalue weighted by molar-refractivity contribution is -0.143. The minimum Gasteiger partial charge on any atom is -0.438 e. The van der Waals surface area contributed by atoms with Crippen LogP contribution < -0.4 is 0 Å². The monoisotopic (exact) mass is 484 g/mol. The first kappa shape index (κ1) is 22.0. The number of carbonyl (C=O) groups excluding carboxylic acids is 1. The average molecular weight is 484 g/mol. The van der Waals surface area contributed by atoms with Crippen LogP contribution in [0.1, 0.15) is 45.8 Å². The Morgan fingerprint density at radius 1 is 1.29 bits per heavy atom. The Labute approximate surface area is 186 Å². The van der Waals surface area contributed by atoms with Crippen molar-refractivity contribution in [3.8, 4) is 0 Å². The SMILES string of the molecule is O=C(c1cnn(CC(F)(F)F)c1C(F)F)N1CCc2[nH]cnc2[C@H]1c1nc2cc(F)ccc2o1. The van der Waals surface area contributed by atoms with E-state index in [-0.39, 0.29) is 34.6 Å². The first-order valence-electron chi connectivity index (χ1n) is 9.92. The van der Waals surface area contributed by atoms with Crippen LogP contribution in [0.3, 0.4) is 0 Å². The summed E-state index contributed by atoms with van der Waals surface area (Å²) < 4.78 is 85.4. The van der Waals surface area contributed by atoms with Gasteiger partial charge in [0.1, 0.15) is 23.6 Å². The van der Waals surface area contributed by atoms with Gasteiger partial charge in [-0.15, -0.1) is 0 Å². The van der Waals surface area contributed by atoms with Crippen molar-refractivity contribution < 1.29 is 35.6 Å². The third kappa shape index (κ3) is 3.78. The number of benzene rings is 1. The maximum absolute atomic E-state index is 13.7. The largest absolute Gasteiger partial charge is 0.438 e. The van der Waals surface area contributed by atoms with Crippen molar-refractivity contribution in [3.05, 3.63) is 65.1 Å². The number of rotatable bonds is 4. The summed E-state index contributed by atoms with van der Waals surface area (Å²) in [6.45, 7) is -1.78. The zero-order valence-electron chi connectivity index (χ0n) is 17.0. The summed E-state index contributed by atoms with van der Waals surface area (Å²) in [6, 6.07) is 2.54. The highest BCUT2D eigenvalue weighted by molar-refractivity contribution is 5.96. The highest BCUT2D eigenvalue weighted by Gasteiger charge is 2.41. The van der Waals surface area contributed by atoms with Gasteiger partial charge in [0, 0.05) is 24.7 Å². The van der Waals surface area contributed by atoms with E-state index < -0.39 is 48.2 Å². The molecule has 1 aliphatic heterocycles. The number of fused-ring (bicyclic) bond motifs is 2. The minimum atomic E-state index is -4.82. The van der Waals surface area contributed by atoms with Gasteiger partial charge in [0.05, 0.1) is 23.8 Å². The number of halogens is 6. The summed E-state index contributed by atoms with van der Waals surface area (Å²) in [6.07, 6.45) is -5.87. The van der Waals surface area contributed by atoms with E-state index in [1.54, 1.807) is 0 Å². The van der Waals surface area contributed by atoms with E-state index in [0.29, 0.717) is 17.6 Å². The smallest absolute Gasteiger partial charge is 0.408 e. The minimum absolute atomic E-state index is 0.00108. The van der Waals surface area contributed by atoms with Crippen molar-refractivity contribution in [1.29, 1.82) is 0 Å². The zero-order valence-corrected chi connectivity index (χ0v) is 17.0. The first-order valence-corrected chi connectivity index (χ1v) is 9.92. The maximum Gasteiger partial charge on any atom is 0.408 e. The third-order valence-electron chi connectivity index (χ3n) is 5.43. The van der Waals surface area contributed by atoms with Crippen molar-refractivity contribution in [1.82, 2.24) is 29.6 Å². The van der Waals surface area contributed by atoms with E-state index in [2.05, 4.69) is 20.1 Å². The lowest BCUT2D eigenvalue weighted by atomic mass is 10.0. The summed E-state index contributed by atoms with van der Waals surface area (Å²) >= 11 is 0. The molecule has 14 heteroatoms. The molecule has 8 nitrogen and oxygen atoms in total. The fourth-order valence-corrected chi connectivity index (χ4v) is 4.02. The summed E-state index contributed by atoms with van der Waals surface area (Å²) in [5.41, 5.74) is -0.467. The van der Waals surface area contributed by atoms with Gasteiger partial charge in [-0.25, -0.2) is 23.1 Å². The molecule has 1 N–H and O–H groups in total. The van der Waals surface area contributed by atoms with Crippen molar-refractivity contribution in [3.63, 3.8) is 0 Å². The molecular weight excluding hydrogens is 470 g/mol. The van der Waals surface area contributed by atoms with Crippen molar-refractivity contribution >= 4 is 17.0 Å². The molecule has 3 aromatic heterocycles. The van der Waals surface area contributed by atoms with Gasteiger partial charge >= 0.3 is 6.18 Å². The molecular formula is C20H14F6N6O2. The molecule has 0 fully saturated rings. The molecule has 1 atom stereocenters. The van der Waals surface area contributed by atoms with Crippen LogP contribution in [0.4, 0.5) is 26.3 Å². The Balaban J connectivity index is 1.59. The molecule has 4 heterocycles. The van der Waals surface area contributed by atoms with E-state index in [9.17, 15) is 31.1 Å². The molecule has 34 heavy (non-hydrogen) atoms. The van der Waals surface area contributed by atoms with Gasteiger partial charge < -0.3 is 14.3 Å². The van der Waals surface area contributed by atoms with Crippen molar-refractivity contribution in [2.24, 2.45) is 0 Å². The molecule has 0 spiro atoms. The quantitative estimate of drug-likeness (QED) is 0.439. The normalized spacial score (nSPS) is 16.4. The zero-order chi connectivity index (χ0) is 24.2. The lowest BCUT2D eigenvalue weighted by Crippen LogP contribution is -2.41. The highest BCUT2D eigenvalue weighted by atomic mass is 19.4. The standard InChI is InChI=1S/C20H14F6N6O2/c21-9-1-2-13-12(5-9)30-18(34-13)16-14-11(27-8-28-14)3-4-31(16)19(33)10-6-29-32(7-20(24,25)26)15(10)17(22)23/h1-2,5-6,8,16-17H,3-4,7H2,(H,27,28)/t16-/m0/s1. The second-order valence-electron chi connectivity index (χ2n) is 7.60. The predicted molar refractivity (Wildman–Crippen MR) is 102 cm³/mol. The fourth-order valence-electron chi connectivity index (χ4n) is 4.02. The molecule has 0 saturated carbocycles. The summed E-state index contributed by atoms with van der Waals surface area (Å²) in [5, 5.41) is 3.38. The average Bonchev–Trinajstić information content (AvgIpc) is 3.48. The summed E-state index contributed by atoms with van der Waals surface area (Å²) in [7, 11) is 0. The topological polar surface area (TPSA) is 92.8 Å². The van der Waals surface area contributed by atoms with Gasteiger partial charge in [0.15, 0.2) is 11.6 Å². The van der Waals surface area contributed by atoms with E-state index in [0.717, 1.165) is 17.0 Å². The van der Waals surface area contributed by atoms with E-state index in [1.165, 1.54) is 12.4 Å². The number of hydrogen-bond acceptors (Lipinski definition) is 5. The number of amides is 1. The molecule has 1 aromatic carbocycles. The number of carbonyl (C=O) groups is 1. The summed E-state index contributed by atoms with van der Waals surface area (Å²) in [4.78, 5) is 25.9. The molecule has 178 valence electrons. The third-order valence-corrected chi connectivity index (χ3v) is 5.43. The lowest BCUT2D eigenvalue weighted by Gasteiger charge is -2.33. The van der Waals surface area contributed by atoms with Gasteiger partial charge in [-0.3, -0.25) is 9.48 Å². The molecule has 0 aliphatic carbocycles. The van der Waals surface area contributed by atoms with Gasteiger partial charge in [0.25, 0.3) is 12.3 Å². The molecule has 0 saturated heterocycles. The van der Waals surface area contributed by atoms with Crippen LogP contribution in [0.5, 0.6) is 0 Å². The van der Waals surface area contributed by atoms with Crippen LogP contribution >= 0.6 is 0 Å². The maximum atomic E-state index is 13.7. The number of aromatic amines is 1. The van der Waals surface area contributed by atoms with Crippen LogP contribution in [0.25, 0.3) is 11.1 Å². The van der Waals surface area contributed by atoms with Crippen molar-refractivity contribution in [2.75, 3.05) is 6.54 Å². The molecule has 4 aromatic rings. The summed E-state index contributed by atoms with van der Waals surface area (Å²) in [5.74, 6) is -1.61. The van der Waals surface area contributed by atoms with Crippen LogP contribution in [0.2, 0.25) is 0 Å². The molecule has 5 rings (SSSR count). The Hall–Kier alpha value is -3.84. The second-order valence-corrected chi connectivity index (χ2v) is 7.60. The van der Waals surface area contributed by atoms with Crippen LogP contribution in [0.15, 0.2) is 35.1 Å². The number of imidazole rings is 1. The second kappa shape index (κ2) is 7.88. The number of nitrogens with zero attached hydrogens (tertiary/aromatic N) is 5. The van der Waals surface area contributed by atoms with Gasteiger partial charge in [0.2, 0.25) is 5.89 Å². The number of aromatic nitrogens is 5. The molecule has 0 bridgehead atoms. The molecule has 0 radical (unpaired) electrons. The Kier molecular flexibility index (Phi) is 5.10. The number of H-pyrrole nitrogens is 1. The number of oxazole rings is 1. The van der Waals surface area contributed by atoms with Crippen LogP contribution in [-0.4, -0.2) is 48.3 Å². The first-order chi connectivity index (χ1) is 16.1. The Bertz CT molecular complexity index is 1370. The Morgan fingerprint density at radius 2 is 2.09 bits per heavy atom. The van der Waals surface area contributed by atoms with Gasteiger partial charge in [-0.1, -0.05) is 0 Å². The predicted octanol–water partition coefficient (Wildman–Crippen LogP) is 4.17. The van der Waals surface area contributed by atoms with E-state index in [4.69, 9.17) is 4.42 Å². The van der Waals surface area contributed by atoms with Crippen LogP contribution in [-0.2, 0) is 13.0 Å². The fraction of sp³-hybridized carbons (Fsp3) is 0.300. The highest BCUT2D eigenvalue weighted by Crippen LogP contribution is 2.37. The number of hydrogen-bond donors (Lipinski definition) is 1. The van der Waals surface area contributed by atoms with E-state index >= 15 is 0 Å². The van der Waals surface area contributed by atoms with Gasteiger partial charge in [-0.05, 0) is 12.1 Å². The number of nitrogens with one attached hydrogen (secondary N) is 1.